The number of nitrogens with zero attached hydrogens (tertiary/aromatic N) is 2. The molecule has 0 saturated heterocycles. The van der Waals surface area contributed by atoms with Crippen LogP contribution in [0.15, 0.2) is 53.7 Å². The molecule has 1 N–H and O–H groups in total. The third kappa shape index (κ3) is 4.30. The first-order valence-electron chi connectivity index (χ1n) is 7.15. The fraction of sp³-hybridized carbons (Fsp3) is 0.118. The normalized spacial score (nSPS) is 11.0. The molecule has 1 aromatic heterocycles. The van der Waals surface area contributed by atoms with Crippen LogP contribution in [0.3, 0.4) is 0 Å². The molecule has 3 rings (SSSR count). The number of carboxylic acid groups (broad SMARTS) is 1. The van der Waals surface area contributed by atoms with Gasteiger partial charge >= 0.3 is 5.97 Å². The van der Waals surface area contributed by atoms with E-state index in [4.69, 9.17) is 14.7 Å². The van der Waals surface area contributed by atoms with Crippen LogP contribution in [0.2, 0.25) is 0 Å². The summed E-state index contributed by atoms with van der Waals surface area (Å²) in [6.07, 6.45) is 0.704. The van der Waals surface area contributed by atoms with Crippen molar-refractivity contribution in [1.82, 2.24) is 4.98 Å². The van der Waals surface area contributed by atoms with Gasteiger partial charge in [-0.1, -0.05) is 29.4 Å². The molecule has 0 aliphatic rings. The molecule has 0 aliphatic heterocycles. The van der Waals surface area contributed by atoms with Crippen LogP contribution < -0.4 is 4.74 Å². The van der Waals surface area contributed by atoms with E-state index in [0.717, 1.165) is 26.5 Å². The lowest BCUT2D eigenvalue weighted by atomic mass is 10.2. The van der Waals surface area contributed by atoms with Crippen LogP contribution >= 0.6 is 11.3 Å². The molecule has 0 radical (unpaired) electrons. The number of carboxylic acids is 1. The van der Waals surface area contributed by atoms with E-state index in [9.17, 15) is 4.79 Å². The summed E-state index contributed by atoms with van der Waals surface area (Å²) < 4.78 is 6.88. The maximum atomic E-state index is 10.3. The van der Waals surface area contributed by atoms with Crippen molar-refractivity contribution in [2.75, 3.05) is 0 Å². The highest BCUT2D eigenvalue weighted by atomic mass is 32.1. The van der Waals surface area contributed by atoms with E-state index >= 15 is 0 Å². The first kappa shape index (κ1) is 15.9. The maximum Gasteiger partial charge on any atom is 0.350 e. The average molecular weight is 342 g/mol. The van der Waals surface area contributed by atoms with Crippen LogP contribution in [-0.2, 0) is 22.8 Å². The van der Waals surface area contributed by atoms with Gasteiger partial charge in [-0.3, -0.25) is 0 Å². The molecule has 0 amide bonds. The van der Waals surface area contributed by atoms with Crippen molar-refractivity contribution in [1.29, 1.82) is 0 Å². The Kier molecular flexibility index (Phi) is 5.02. The predicted octanol–water partition coefficient (Wildman–Crippen LogP) is 3.46. The van der Waals surface area contributed by atoms with Gasteiger partial charge in [0.15, 0.2) is 6.21 Å². The number of thiazole rings is 1. The highest BCUT2D eigenvalue weighted by molar-refractivity contribution is 7.18. The maximum absolute atomic E-state index is 10.3. The molecule has 0 bridgehead atoms. The smallest absolute Gasteiger partial charge is 0.350 e. The minimum absolute atomic E-state index is 0.196. The van der Waals surface area contributed by atoms with Crippen LogP contribution in [0.5, 0.6) is 5.75 Å². The second-order valence-corrected chi connectivity index (χ2v) is 5.97. The van der Waals surface area contributed by atoms with Crippen molar-refractivity contribution in [3.8, 4) is 5.75 Å². The summed E-state index contributed by atoms with van der Waals surface area (Å²) >= 11 is 1.62. The van der Waals surface area contributed by atoms with Gasteiger partial charge in [-0.05, 0) is 29.8 Å². The predicted molar refractivity (Wildman–Crippen MR) is 91.3 cm³/mol. The number of carbonyl (C=O) groups is 1. The first-order valence-corrected chi connectivity index (χ1v) is 7.97. The van der Waals surface area contributed by atoms with Crippen LogP contribution in [0, 0.1) is 0 Å². The standard InChI is InChI=1S/C17H14N2O4S/c20-17(21)9-18-23-10-12-5-7-13(8-6-12)22-11-16-19-14-3-1-2-4-15(14)24-16/h1-9H,10-11H2,(H,20,21). The van der Waals surface area contributed by atoms with Crippen LogP contribution in [0.4, 0.5) is 0 Å². The molecule has 0 saturated carbocycles. The van der Waals surface area contributed by atoms with Gasteiger partial charge in [0.25, 0.3) is 0 Å². The molecule has 3 aromatic rings. The molecule has 0 aliphatic carbocycles. The van der Waals surface area contributed by atoms with Crippen LogP contribution in [0.25, 0.3) is 10.2 Å². The van der Waals surface area contributed by atoms with E-state index in [1.54, 1.807) is 11.3 Å². The van der Waals surface area contributed by atoms with E-state index in [2.05, 4.69) is 10.1 Å². The Morgan fingerprint density at radius 1 is 1.17 bits per heavy atom. The number of benzene rings is 2. The van der Waals surface area contributed by atoms with E-state index < -0.39 is 5.97 Å². The highest BCUT2D eigenvalue weighted by Gasteiger charge is 2.04. The van der Waals surface area contributed by atoms with Crippen molar-refractivity contribution >= 4 is 33.7 Å². The number of oxime groups is 1. The average Bonchev–Trinajstić information content (AvgIpc) is 3.01. The fourth-order valence-electron chi connectivity index (χ4n) is 2.00. The van der Waals surface area contributed by atoms with Crippen molar-refractivity contribution in [3.05, 3.63) is 59.1 Å². The van der Waals surface area contributed by atoms with Gasteiger partial charge in [0.1, 0.15) is 24.0 Å². The Balaban J connectivity index is 1.53. The van der Waals surface area contributed by atoms with E-state index in [1.807, 2.05) is 48.5 Å². The Labute approximate surface area is 142 Å². The molecule has 1 heterocycles. The molecule has 0 fully saturated rings. The van der Waals surface area contributed by atoms with E-state index in [1.165, 1.54) is 0 Å². The number of hydrogen-bond acceptors (Lipinski definition) is 6. The van der Waals surface area contributed by atoms with E-state index in [-0.39, 0.29) is 6.61 Å². The summed E-state index contributed by atoms with van der Waals surface area (Å²) in [4.78, 5) is 19.6. The lowest BCUT2D eigenvalue weighted by molar-refractivity contribution is -0.129. The Morgan fingerprint density at radius 2 is 1.96 bits per heavy atom. The summed E-state index contributed by atoms with van der Waals surface area (Å²) in [5.41, 5.74) is 1.85. The molecule has 0 unspecified atom stereocenters. The molecule has 0 atom stereocenters. The Morgan fingerprint density at radius 3 is 2.71 bits per heavy atom. The fourth-order valence-corrected chi connectivity index (χ4v) is 2.88. The van der Waals surface area contributed by atoms with Crippen molar-refractivity contribution in [2.24, 2.45) is 5.16 Å². The topological polar surface area (TPSA) is 81.0 Å². The Hall–Kier alpha value is -2.93. The van der Waals surface area contributed by atoms with E-state index in [0.29, 0.717) is 12.8 Å². The second kappa shape index (κ2) is 7.56. The molecule has 0 spiro atoms. The van der Waals surface area contributed by atoms with Crippen molar-refractivity contribution in [3.63, 3.8) is 0 Å². The van der Waals surface area contributed by atoms with Crippen LogP contribution in [-0.4, -0.2) is 22.3 Å². The minimum atomic E-state index is -1.14. The van der Waals surface area contributed by atoms with Gasteiger partial charge in [-0.25, -0.2) is 9.78 Å². The third-order valence-electron chi connectivity index (χ3n) is 3.09. The zero-order valence-corrected chi connectivity index (χ0v) is 13.4. The second-order valence-electron chi connectivity index (χ2n) is 4.85. The molecule has 6 nitrogen and oxygen atoms in total. The first-order chi connectivity index (χ1) is 11.7. The zero-order valence-electron chi connectivity index (χ0n) is 12.6. The van der Waals surface area contributed by atoms with Gasteiger partial charge in [-0.15, -0.1) is 11.3 Å². The lowest BCUT2D eigenvalue weighted by Crippen LogP contribution is -1.97. The zero-order chi connectivity index (χ0) is 16.8. The summed E-state index contributed by atoms with van der Waals surface area (Å²) in [7, 11) is 0. The molecular formula is C17H14N2O4S. The summed E-state index contributed by atoms with van der Waals surface area (Å²) in [6.45, 7) is 0.611. The summed E-state index contributed by atoms with van der Waals surface area (Å²) in [5.74, 6) is -0.416. The number of ether oxygens (including phenoxy) is 1. The minimum Gasteiger partial charge on any atom is -0.486 e. The molecule has 7 heteroatoms. The largest absolute Gasteiger partial charge is 0.486 e. The number of para-hydroxylation sites is 1. The van der Waals surface area contributed by atoms with Crippen LogP contribution in [0.1, 0.15) is 10.6 Å². The summed E-state index contributed by atoms with van der Waals surface area (Å²) in [5, 5.41) is 12.6. The Bertz CT molecular complexity index is 825. The van der Waals surface area contributed by atoms with Gasteiger partial charge in [-0.2, -0.15) is 0 Å². The van der Waals surface area contributed by atoms with Gasteiger partial charge in [0.05, 0.1) is 10.2 Å². The number of rotatable bonds is 7. The summed E-state index contributed by atoms with van der Waals surface area (Å²) in [6, 6.07) is 15.3. The van der Waals surface area contributed by atoms with Crippen molar-refractivity contribution < 1.29 is 19.5 Å². The monoisotopic (exact) mass is 342 g/mol. The number of fused-ring (bicyclic) bond motifs is 1. The number of aromatic nitrogens is 1. The van der Waals surface area contributed by atoms with Gasteiger partial charge in [0, 0.05) is 0 Å². The molecular weight excluding hydrogens is 328 g/mol. The van der Waals surface area contributed by atoms with Gasteiger partial charge < -0.3 is 14.7 Å². The molecule has 2 aromatic carbocycles. The third-order valence-corrected chi connectivity index (χ3v) is 4.10. The van der Waals surface area contributed by atoms with Crippen molar-refractivity contribution in [2.45, 2.75) is 13.2 Å². The number of hydrogen-bond donors (Lipinski definition) is 1. The SMILES string of the molecule is O=C(O)C=NOCc1ccc(OCc2nc3ccccc3s2)cc1. The lowest BCUT2D eigenvalue weighted by Gasteiger charge is -2.05. The van der Waals surface area contributed by atoms with Gasteiger partial charge in [0.2, 0.25) is 0 Å². The number of aliphatic carboxylic acids is 1. The molecule has 122 valence electrons. The molecule has 24 heavy (non-hydrogen) atoms. The quantitative estimate of drug-likeness (QED) is 0.525. The highest BCUT2D eigenvalue weighted by Crippen LogP contribution is 2.23.